The minimum Gasteiger partial charge on any atom is -0.335 e. The number of amides is 1. The molecule has 0 fully saturated rings. The van der Waals surface area contributed by atoms with Crippen LogP contribution < -0.4 is 0 Å². The maximum atomic E-state index is 13.6. The molecule has 3 aromatic heterocycles. The third-order valence-corrected chi connectivity index (χ3v) is 5.59. The molecule has 142 valence electrons. The molecule has 4 aromatic rings. The van der Waals surface area contributed by atoms with Gasteiger partial charge < -0.3 is 9.42 Å². The molecule has 1 amide bonds. The van der Waals surface area contributed by atoms with Crippen LogP contribution in [0.4, 0.5) is 0 Å². The molecule has 0 aliphatic heterocycles. The lowest BCUT2D eigenvalue weighted by atomic mass is 10.1. The Labute approximate surface area is 167 Å². The smallest absolute Gasteiger partial charge is 0.259 e. The van der Waals surface area contributed by atoms with Gasteiger partial charge in [-0.25, -0.2) is 4.98 Å². The van der Waals surface area contributed by atoms with Crippen LogP contribution in [0.2, 0.25) is 0 Å². The fourth-order valence-electron chi connectivity index (χ4n) is 3.24. The Morgan fingerprint density at radius 1 is 1.18 bits per heavy atom. The second-order valence-corrected chi connectivity index (χ2v) is 7.94. The molecule has 0 spiro atoms. The quantitative estimate of drug-likeness (QED) is 0.462. The predicted octanol–water partition coefficient (Wildman–Crippen LogP) is 5.31. The number of benzene rings is 1. The van der Waals surface area contributed by atoms with E-state index in [1.807, 2.05) is 79.6 Å². The average Bonchev–Trinajstić information content (AvgIpc) is 3.36. The van der Waals surface area contributed by atoms with Crippen LogP contribution in [0.1, 0.15) is 35.5 Å². The van der Waals surface area contributed by atoms with Crippen molar-refractivity contribution in [3.05, 3.63) is 70.7 Å². The first-order valence-electron chi connectivity index (χ1n) is 9.20. The van der Waals surface area contributed by atoms with Gasteiger partial charge in [-0.05, 0) is 43.8 Å². The van der Waals surface area contributed by atoms with E-state index in [0.717, 1.165) is 16.1 Å². The van der Waals surface area contributed by atoms with Crippen LogP contribution in [0.25, 0.3) is 21.7 Å². The highest BCUT2D eigenvalue weighted by atomic mass is 32.1. The van der Waals surface area contributed by atoms with Gasteiger partial charge in [0.1, 0.15) is 0 Å². The van der Waals surface area contributed by atoms with E-state index in [-0.39, 0.29) is 11.9 Å². The van der Waals surface area contributed by atoms with E-state index in [1.54, 1.807) is 11.3 Å². The molecule has 0 aliphatic rings. The number of carbonyl (C=O) groups is 1. The molecule has 0 radical (unpaired) electrons. The van der Waals surface area contributed by atoms with Crippen molar-refractivity contribution < 1.29 is 9.32 Å². The van der Waals surface area contributed by atoms with Gasteiger partial charge in [-0.1, -0.05) is 41.6 Å². The van der Waals surface area contributed by atoms with E-state index in [1.165, 1.54) is 0 Å². The van der Waals surface area contributed by atoms with Crippen molar-refractivity contribution in [3.8, 4) is 10.6 Å². The van der Waals surface area contributed by atoms with Crippen LogP contribution in [0, 0.1) is 6.92 Å². The summed E-state index contributed by atoms with van der Waals surface area (Å²) in [4.78, 5) is 21.0. The molecule has 0 unspecified atom stereocenters. The normalized spacial score (nSPS) is 11.3. The number of pyridine rings is 1. The van der Waals surface area contributed by atoms with Gasteiger partial charge in [0, 0.05) is 12.6 Å². The third kappa shape index (κ3) is 3.43. The molecule has 3 heterocycles. The number of rotatable bonds is 5. The Morgan fingerprint density at radius 2 is 1.96 bits per heavy atom. The molecular weight excluding hydrogens is 370 g/mol. The molecular formula is C22H21N3O2S. The summed E-state index contributed by atoms with van der Waals surface area (Å²) in [7, 11) is 0. The molecule has 0 saturated heterocycles. The van der Waals surface area contributed by atoms with E-state index in [4.69, 9.17) is 4.52 Å². The molecule has 0 N–H and O–H groups in total. The fourth-order valence-corrected chi connectivity index (χ4v) is 3.92. The number of carbonyl (C=O) groups excluding carboxylic acids is 1. The van der Waals surface area contributed by atoms with Crippen molar-refractivity contribution in [2.24, 2.45) is 0 Å². The number of hydrogen-bond donors (Lipinski definition) is 0. The second-order valence-electron chi connectivity index (χ2n) is 6.99. The van der Waals surface area contributed by atoms with Gasteiger partial charge in [0.05, 0.1) is 27.2 Å². The predicted molar refractivity (Wildman–Crippen MR) is 111 cm³/mol. The summed E-state index contributed by atoms with van der Waals surface area (Å²) >= 11 is 1.58. The van der Waals surface area contributed by atoms with Crippen LogP contribution in [0.5, 0.6) is 0 Å². The number of fused-ring (bicyclic) bond motifs is 1. The zero-order chi connectivity index (χ0) is 19.7. The molecule has 0 aliphatic carbocycles. The Hall–Kier alpha value is -2.99. The topological polar surface area (TPSA) is 59.2 Å². The van der Waals surface area contributed by atoms with Crippen LogP contribution in [-0.4, -0.2) is 27.0 Å². The van der Waals surface area contributed by atoms with Gasteiger partial charge in [0.2, 0.25) is 0 Å². The lowest BCUT2D eigenvalue weighted by Crippen LogP contribution is -2.36. The van der Waals surface area contributed by atoms with Crippen molar-refractivity contribution in [3.63, 3.8) is 0 Å². The summed E-state index contributed by atoms with van der Waals surface area (Å²) < 4.78 is 5.41. The summed E-state index contributed by atoms with van der Waals surface area (Å²) in [5.41, 5.74) is 3.47. The molecule has 1 aromatic carbocycles. The molecule has 5 nitrogen and oxygen atoms in total. The van der Waals surface area contributed by atoms with Crippen molar-refractivity contribution in [1.29, 1.82) is 0 Å². The standard InChI is InChI=1S/C22H21N3O2S/c1-14(2)25(13-16-8-5-4-6-9-16)22(26)17-12-18(19-10-7-11-28-19)23-21-20(17)15(3)24-27-21/h4-12,14H,13H2,1-3H3. The van der Waals surface area contributed by atoms with E-state index < -0.39 is 0 Å². The minimum absolute atomic E-state index is 0.0428. The highest BCUT2D eigenvalue weighted by molar-refractivity contribution is 7.13. The summed E-state index contributed by atoms with van der Waals surface area (Å²) in [5, 5.41) is 6.72. The fraction of sp³-hybridized carbons (Fsp3) is 0.227. The van der Waals surface area contributed by atoms with Crippen molar-refractivity contribution in [2.75, 3.05) is 0 Å². The monoisotopic (exact) mass is 391 g/mol. The van der Waals surface area contributed by atoms with Crippen molar-refractivity contribution in [1.82, 2.24) is 15.0 Å². The van der Waals surface area contributed by atoms with Gasteiger partial charge in [-0.15, -0.1) is 11.3 Å². The van der Waals surface area contributed by atoms with Gasteiger partial charge >= 0.3 is 0 Å². The van der Waals surface area contributed by atoms with Gasteiger partial charge in [0.15, 0.2) is 0 Å². The third-order valence-electron chi connectivity index (χ3n) is 4.70. The molecule has 4 rings (SSSR count). The van der Waals surface area contributed by atoms with Gasteiger partial charge in [0.25, 0.3) is 11.6 Å². The molecule has 6 heteroatoms. The van der Waals surface area contributed by atoms with E-state index in [9.17, 15) is 4.79 Å². The van der Waals surface area contributed by atoms with Crippen LogP contribution in [0.15, 0.2) is 58.4 Å². The Bertz CT molecular complexity index is 1100. The molecule has 0 saturated carbocycles. The highest BCUT2D eigenvalue weighted by Crippen LogP contribution is 2.30. The number of hydrogen-bond acceptors (Lipinski definition) is 5. The van der Waals surface area contributed by atoms with E-state index in [0.29, 0.717) is 28.9 Å². The average molecular weight is 391 g/mol. The van der Waals surface area contributed by atoms with Crippen LogP contribution in [-0.2, 0) is 6.54 Å². The van der Waals surface area contributed by atoms with E-state index >= 15 is 0 Å². The number of thiophene rings is 1. The molecule has 28 heavy (non-hydrogen) atoms. The van der Waals surface area contributed by atoms with Crippen molar-refractivity contribution >= 4 is 28.3 Å². The Kier molecular flexibility index (Phi) is 4.96. The highest BCUT2D eigenvalue weighted by Gasteiger charge is 2.25. The number of aryl methyl sites for hydroxylation is 1. The number of nitrogens with zero attached hydrogens (tertiary/aromatic N) is 3. The summed E-state index contributed by atoms with van der Waals surface area (Å²) in [6.07, 6.45) is 0. The Balaban J connectivity index is 1.81. The number of aromatic nitrogens is 2. The first-order chi connectivity index (χ1) is 13.5. The summed E-state index contributed by atoms with van der Waals surface area (Å²) in [5.74, 6) is -0.0460. The maximum absolute atomic E-state index is 13.6. The zero-order valence-electron chi connectivity index (χ0n) is 16.0. The molecule has 0 atom stereocenters. The van der Waals surface area contributed by atoms with Gasteiger partial charge in [-0.3, -0.25) is 4.79 Å². The first kappa shape index (κ1) is 18.4. The Morgan fingerprint density at radius 3 is 2.64 bits per heavy atom. The lowest BCUT2D eigenvalue weighted by molar-refractivity contribution is 0.0692. The van der Waals surface area contributed by atoms with Gasteiger partial charge in [-0.2, -0.15) is 0 Å². The zero-order valence-corrected chi connectivity index (χ0v) is 16.9. The first-order valence-corrected chi connectivity index (χ1v) is 10.1. The van der Waals surface area contributed by atoms with E-state index in [2.05, 4.69) is 10.1 Å². The summed E-state index contributed by atoms with van der Waals surface area (Å²) in [6.45, 7) is 6.44. The largest absolute Gasteiger partial charge is 0.335 e. The summed E-state index contributed by atoms with van der Waals surface area (Å²) in [6, 6.07) is 15.9. The SMILES string of the molecule is Cc1noc2nc(-c3cccs3)cc(C(=O)N(Cc3ccccc3)C(C)C)c12. The maximum Gasteiger partial charge on any atom is 0.259 e. The van der Waals surface area contributed by atoms with Crippen LogP contribution in [0.3, 0.4) is 0 Å². The second kappa shape index (κ2) is 7.56. The lowest BCUT2D eigenvalue weighted by Gasteiger charge is -2.27. The van der Waals surface area contributed by atoms with Crippen molar-refractivity contribution in [2.45, 2.75) is 33.4 Å². The molecule has 0 bridgehead atoms. The minimum atomic E-state index is -0.0460. The van der Waals surface area contributed by atoms with Crippen LogP contribution >= 0.6 is 11.3 Å².